The van der Waals surface area contributed by atoms with Gasteiger partial charge in [-0.1, -0.05) is 12.4 Å². The van der Waals surface area contributed by atoms with Gasteiger partial charge in [-0.25, -0.2) is 12.8 Å². The van der Waals surface area contributed by atoms with Gasteiger partial charge >= 0.3 is 6.98 Å². The smallest absolute Gasteiger partial charge is 0.496 e. The Hall–Kier alpha value is -1.25. The molecule has 1 rings (SSSR count). The summed E-state index contributed by atoms with van der Waals surface area (Å²) < 4.78 is 77.9. The van der Waals surface area contributed by atoms with Gasteiger partial charge in [-0.05, 0) is 18.2 Å². The fraction of sp³-hybridized carbons (Fsp3) is 0.400. The fourth-order valence-corrected chi connectivity index (χ4v) is 1.96. The highest BCUT2D eigenvalue weighted by molar-refractivity contribution is 7.91. The maximum atomic E-state index is 12.8. The third-order valence-electron chi connectivity index (χ3n) is 2.42. The van der Waals surface area contributed by atoms with Crippen LogP contribution >= 0.6 is 0 Å². The highest BCUT2D eigenvalue weighted by Gasteiger charge is 2.29. The quantitative estimate of drug-likeness (QED) is 0.593. The van der Waals surface area contributed by atoms with Crippen LogP contribution in [-0.2, 0) is 9.84 Å². The van der Waals surface area contributed by atoms with Crippen LogP contribution in [0.1, 0.15) is 6.92 Å². The van der Waals surface area contributed by atoms with Crippen LogP contribution in [0.15, 0.2) is 18.2 Å². The first kappa shape index (κ1) is 15.8. The van der Waals surface area contributed by atoms with E-state index in [1.807, 2.05) is 0 Å². The fourth-order valence-electron chi connectivity index (χ4n) is 1.33. The van der Waals surface area contributed by atoms with Gasteiger partial charge in [0.15, 0.2) is 9.84 Å². The van der Waals surface area contributed by atoms with Crippen LogP contribution in [0.25, 0.3) is 0 Å². The largest absolute Gasteiger partial charge is 0.513 e. The molecule has 0 N–H and O–H groups in total. The summed E-state index contributed by atoms with van der Waals surface area (Å²) in [6, 6.07) is 2.01. The minimum atomic E-state index is -5.42. The highest BCUT2D eigenvalue weighted by atomic mass is 32.2. The molecule has 0 bridgehead atoms. The van der Waals surface area contributed by atoms with Crippen molar-refractivity contribution in [3.8, 4) is 5.75 Å². The van der Waals surface area contributed by atoms with Crippen LogP contribution in [0, 0.1) is 5.82 Å². The molecule has 0 saturated heterocycles. The van der Waals surface area contributed by atoms with Crippen molar-refractivity contribution in [1.82, 2.24) is 0 Å². The molecule has 0 fully saturated rings. The van der Waals surface area contributed by atoms with E-state index in [4.69, 9.17) is 4.74 Å². The number of sulfone groups is 1. The molecule has 0 aliphatic rings. The lowest BCUT2D eigenvalue weighted by atomic mass is 9.79. The van der Waals surface area contributed by atoms with E-state index in [9.17, 15) is 25.8 Å². The molecule has 0 aliphatic carbocycles. The molecular formula is C10H12BF4O3S-. The Labute approximate surface area is 108 Å². The lowest BCUT2D eigenvalue weighted by Crippen LogP contribution is -2.36. The summed E-state index contributed by atoms with van der Waals surface area (Å²) in [6.07, 6.45) is 0. The Morgan fingerprint density at radius 1 is 1.26 bits per heavy atom. The normalized spacial score (nSPS) is 12.5. The Kier molecular flexibility index (Phi) is 4.83. The molecule has 9 heteroatoms. The van der Waals surface area contributed by atoms with E-state index in [0.29, 0.717) is 6.07 Å². The molecule has 0 saturated carbocycles. The lowest BCUT2D eigenvalue weighted by Gasteiger charge is -2.19. The Balaban J connectivity index is 2.85. The zero-order valence-corrected chi connectivity index (χ0v) is 10.9. The maximum Gasteiger partial charge on any atom is 0.513 e. The summed E-state index contributed by atoms with van der Waals surface area (Å²) in [6.45, 7) is -4.40. The summed E-state index contributed by atoms with van der Waals surface area (Å²) in [5.74, 6) is -2.08. The number of hydrogen-bond acceptors (Lipinski definition) is 3. The van der Waals surface area contributed by atoms with E-state index < -0.39 is 40.5 Å². The van der Waals surface area contributed by atoms with Gasteiger partial charge < -0.3 is 17.7 Å². The average molecular weight is 299 g/mol. The van der Waals surface area contributed by atoms with Gasteiger partial charge in [-0.3, -0.25) is 0 Å². The molecule has 0 spiro atoms. The molecule has 0 radical (unpaired) electrons. The second-order valence-corrected chi connectivity index (χ2v) is 6.31. The molecular weight excluding hydrogens is 287 g/mol. The number of halogens is 4. The van der Waals surface area contributed by atoms with E-state index in [0.717, 1.165) is 12.1 Å². The molecule has 19 heavy (non-hydrogen) atoms. The monoisotopic (exact) mass is 299 g/mol. The van der Waals surface area contributed by atoms with Gasteiger partial charge in [0.05, 0.1) is 11.5 Å². The van der Waals surface area contributed by atoms with Crippen molar-refractivity contribution in [2.75, 3.05) is 18.1 Å². The first-order valence-electron chi connectivity index (χ1n) is 5.48. The van der Waals surface area contributed by atoms with Crippen LogP contribution in [0.2, 0.25) is 0 Å². The average Bonchev–Trinajstić information content (AvgIpc) is 2.29. The van der Waals surface area contributed by atoms with Crippen LogP contribution in [-0.4, -0.2) is 33.5 Å². The Morgan fingerprint density at radius 3 is 2.42 bits per heavy atom. The second-order valence-electron chi connectivity index (χ2n) is 3.84. The van der Waals surface area contributed by atoms with Gasteiger partial charge in [0.1, 0.15) is 12.4 Å². The van der Waals surface area contributed by atoms with Gasteiger partial charge in [-0.2, -0.15) is 0 Å². The summed E-state index contributed by atoms with van der Waals surface area (Å²) in [5, 5.41) is 0. The Morgan fingerprint density at radius 2 is 1.89 bits per heavy atom. The van der Waals surface area contributed by atoms with Crippen LogP contribution in [0.4, 0.5) is 17.3 Å². The van der Waals surface area contributed by atoms with E-state index >= 15 is 0 Å². The van der Waals surface area contributed by atoms with Crippen molar-refractivity contribution in [2.45, 2.75) is 6.92 Å². The van der Waals surface area contributed by atoms with Gasteiger partial charge in [0.2, 0.25) is 0 Å². The number of benzene rings is 1. The van der Waals surface area contributed by atoms with Crippen molar-refractivity contribution in [2.24, 2.45) is 0 Å². The summed E-state index contributed by atoms with van der Waals surface area (Å²) in [7, 11) is -3.32. The van der Waals surface area contributed by atoms with Gasteiger partial charge in [0.25, 0.3) is 0 Å². The summed E-state index contributed by atoms with van der Waals surface area (Å²) in [4.78, 5) is 0. The zero-order valence-electron chi connectivity index (χ0n) is 10.1. The van der Waals surface area contributed by atoms with E-state index in [1.165, 1.54) is 6.92 Å². The zero-order chi connectivity index (χ0) is 14.7. The minimum Gasteiger partial charge on any atom is -0.496 e. The molecule has 0 unspecified atom stereocenters. The van der Waals surface area contributed by atoms with E-state index in [-0.39, 0.29) is 11.5 Å². The Bertz CT molecular complexity index is 542. The van der Waals surface area contributed by atoms with Crippen molar-refractivity contribution in [1.29, 1.82) is 0 Å². The first-order valence-corrected chi connectivity index (χ1v) is 7.30. The van der Waals surface area contributed by atoms with Crippen molar-refractivity contribution in [3.63, 3.8) is 0 Å². The molecule has 0 aliphatic heterocycles. The molecule has 0 amide bonds. The topological polar surface area (TPSA) is 43.4 Å². The first-order chi connectivity index (χ1) is 8.65. The van der Waals surface area contributed by atoms with E-state index in [2.05, 4.69) is 0 Å². The SMILES string of the molecule is CCS(=O)(=O)CCOc1ccc(F)cc1[B-](F)(F)F. The number of rotatable bonds is 6. The molecule has 0 heterocycles. The molecule has 3 nitrogen and oxygen atoms in total. The highest BCUT2D eigenvalue weighted by Crippen LogP contribution is 2.18. The number of hydrogen-bond donors (Lipinski definition) is 0. The molecule has 0 aromatic heterocycles. The molecule has 1 aromatic rings. The standard InChI is InChI=1S/C10H12BF4O3S/c1-2-19(16,17)6-5-18-10-4-3-8(12)7-9(10)11(13,14)15/h3-4,7H,2,5-6H2,1H3/q-1. The van der Waals surface area contributed by atoms with Gasteiger partial charge in [-0.15, -0.1) is 0 Å². The predicted octanol–water partition coefficient (Wildman–Crippen LogP) is 1.69. The predicted molar refractivity (Wildman–Crippen MR) is 64.9 cm³/mol. The number of ether oxygens (including phenoxy) is 1. The van der Waals surface area contributed by atoms with Crippen molar-refractivity contribution < 1.29 is 30.5 Å². The minimum absolute atomic E-state index is 0.115. The van der Waals surface area contributed by atoms with Crippen LogP contribution in [0.3, 0.4) is 0 Å². The van der Waals surface area contributed by atoms with Crippen LogP contribution < -0.4 is 10.2 Å². The second kappa shape index (κ2) is 5.81. The van der Waals surface area contributed by atoms with Crippen LogP contribution in [0.5, 0.6) is 5.75 Å². The maximum absolute atomic E-state index is 12.8. The molecule has 1 aromatic carbocycles. The van der Waals surface area contributed by atoms with Crippen molar-refractivity contribution >= 4 is 22.3 Å². The van der Waals surface area contributed by atoms with Gasteiger partial charge in [0, 0.05) is 5.75 Å². The molecule has 0 atom stereocenters. The van der Waals surface area contributed by atoms with E-state index in [1.54, 1.807) is 0 Å². The summed E-state index contributed by atoms with van der Waals surface area (Å²) >= 11 is 0. The lowest BCUT2D eigenvalue weighted by molar-refractivity contribution is 0.340. The summed E-state index contributed by atoms with van der Waals surface area (Å²) in [5.41, 5.74) is -1.20. The molecule has 108 valence electrons. The third kappa shape index (κ3) is 4.74. The third-order valence-corrected chi connectivity index (χ3v) is 4.08. The van der Waals surface area contributed by atoms with Crippen molar-refractivity contribution in [3.05, 3.63) is 24.0 Å².